The lowest BCUT2D eigenvalue weighted by molar-refractivity contribution is -0.0802. The first-order chi connectivity index (χ1) is 10.0. The minimum absolute atomic E-state index is 0.0260. The number of piperidine rings is 1. The van der Waals surface area contributed by atoms with E-state index in [-0.39, 0.29) is 17.0 Å². The number of likely N-dealkylation sites (tertiary alicyclic amines) is 1. The van der Waals surface area contributed by atoms with Crippen molar-refractivity contribution in [2.45, 2.75) is 38.8 Å². The van der Waals surface area contributed by atoms with Gasteiger partial charge in [-0.1, -0.05) is 31.0 Å². The van der Waals surface area contributed by atoms with Gasteiger partial charge in [-0.3, -0.25) is 4.90 Å². The number of hydrogen-bond acceptors (Lipinski definition) is 3. The minimum Gasteiger partial charge on any atom is -0.396 e. The zero-order valence-corrected chi connectivity index (χ0v) is 13.1. The molecule has 0 aromatic heterocycles. The van der Waals surface area contributed by atoms with Crippen molar-refractivity contribution in [3.8, 4) is 0 Å². The van der Waals surface area contributed by atoms with Crippen molar-refractivity contribution < 1.29 is 14.6 Å². The summed E-state index contributed by atoms with van der Waals surface area (Å²) in [5.41, 5.74) is 0.562. The van der Waals surface area contributed by atoms with Crippen molar-refractivity contribution in [1.29, 1.82) is 0 Å². The second kappa shape index (κ2) is 7.05. The molecule has 0 radical (unpaired) electrons. The third kappa shape index (κ3) is 3.75. The highest BCUT2D eigenvalue weighted by Crippen LogP contribution is 2.36. The van der Waals surface area contributed by atoms with E-state index in [4.69, 9.17) is 11.6 Å². The predicted molar refractivity (Wildman–Crippen MR) is 81.7 cm³/mol. The quantitative estimate of drug-likeness (QED) is 0.878. The van der Waals surface area contributed by atoms with Gasteiger partial charge in [0, 0.05) is 18.5 Å². The largest absolute Gasteiger partial charge is 0.396 e. The molecular formula is C16H23ClFNO2. The van der Waals surface area contributed by atoms with Crippen molar-refractivity contribution in [2.24, 2.45) is 5.41 Å². The van der Waals surface area contributed by atoms with Crippen LogP contribution >= 0.6 is 11.6 Å². The van der Waals surface area contributed by atoms with E-state index in [2.05, 4.69) is 11.8 Å². The molecule has 0 spiro atoms. The van der Waals surface area contributed by atoms with Gasteiger partial charge in [0.05, 0.1) is 17.7 Å². The lowest BCUT2D eigenvalue weighted by Gasteiger charge is -2.44. The van der Waals surface area contributed by atoms with Crippen LogP contribution in [0.2, 0.25) is 5.02 Å². The fourth-order valence-corrected chi connectivity index (χ4v) is 3.37. The van der Waals surface area contributed by atoms with Gasteiger partial charge < -0.3 is 10.2 Å². The monoisotopic (exact) mass is 315 g/mol. The van der Waals surface area contributed by atoms with Crippen LogP contribution in [0.4, 0.5) is 4.39 Å². The maximum absolute atomic E-state index is 13.2. The smallest absolute Gasteiger partial charge is 0.141 e. The topological polar surface area (TPSA) is 43.7 Å². The van der Waals surface area contributed by atoms with Crippen molar-refractivity contribution in [2.75, 3.05) is 19.7 Å². The van der Waals surface area contributed by atoms with E-state index in [9.17, 15) is 14.6 Å². The molecule has 1 fully saturated rings. The molecule has 2 atom stereocenters. The Kier molecular flexibility index (Phi) is 5.60. The van der Waals surface area contributed by atoms with E-state index in [1.165, 1.54) is 6.07 Å². The van der Waals surface area contributed by atoms with Gasteiger partial charge in [0.25, 0.3) is 0 Å². The lowest BCUT2D eigenvalue weighted by atomic mass is 9.73. The molecule has 118 valence electrons. The van der Waals surface area contributed by atoms with E-state index in [1.54, 1.807) is 12.1 Å². The van der Waals surface area contributed by atoms with Crippen LogP contribution in [0.15, 0.2) is 18.2 Å². The molecule has 2 N–H and O–H groups in total. The van der Waals surface area contributed by atoms with Gasteiger partial charge in [-0.25, -0.2) is 4.39 Å². The fraction of sp³-hybridized carbons (Fsp3) is 0.625. The summed E-state index contributed by atoms with van der Waals surface area (Å²) in [7, 11) is 0. The minimum atomic E-state index is -0.535. The molecule has 1 aliphatic rings. The maximum Gasteiger partial charge on any atom is 0.141 e. The van der Waals surface area contributed by atoms with Crippen LogP contribution < -0.4 is 0 Å². The van der Waals surface area contributed by atoms with E-state index in [0.29, 0.717) is 13.1 Å². The molecule has 1 saturated heterocycles. The van der Waals surface area contributed by atoms with Crippen molar-refractivity contribution in [3.05, 3.63) is 34.6 Å². The van der Waals surface area contributed by atoms with Gasteiger partial charge in [0.2, 0.25) is 0 Å². The molecule has 1 aliphatic heterocycles. The van der Waals surface area contributed by atoms with Gasteiger partial charge in [-0.05, 0) is 37.1 Å². The second-order valence-corrected chi connectivity index (χ2v) is 6.43. The van der Waals surface area contributed by atoms with E-state index >= 15 is 0 Å². The first kappa shape index (κ1) is 16.7. The highest BCUT2D eigenvalue weighted by molar-refractivity contribution is 6.30. The number of β-amino-alcohol motifs (C(OH)–C–C–N with tert-alkyl or cyclic N) is 1. The summed E-state index contributed by atoms with van der Waals surface area (Å²) in [6, 6.07) is 4.71. The third-order valence-electron chi connectivity index (χ3n) is 4.52. The third-order valence-corrected chi connectivity index (χ3v) is 4.81. The first-order valence-corrected chi connectivity index (χ1v) is 7.84. The summed E-state index contributed by atoms with van der Waals surface area (Å²) < 4.78 is 13.2. The molecule has 1 aromatic carbocycles. The molecule has 5 heteroatoms. The number of halogens is 2. The van der Waals surface area contributed by atoms with Gasteiger partial charge in [0.15, 0.2) is 0 Å². The molecule has 1 aromatic rings. The summed E-state index contributed by atoms with van der Waals surface area (Å²) in [6.45, 7) is 4.06. The van der Waals surface area contributed by atoms with Crippen molar-refractivity contribution in [1.82, 2.24) is 4.90 Å². The molecular weight excluding hydrogens is 293 g/mol. The molecule has 21 heavy (non-hydrogen) atoms. The number of aliphatic hydroxyl groups excluding tert-OH is 2. The predicted octanol–water partition coefficient (Wildman–Crippen LogP) is 2.82. The van der Waals surface area contributed by atoms with Crippen LogP contribution in [0.5, 0.6) is 0 Å². The van der Waals surface area contributed by atoms with Crippen LogP contribution in [-0.4, -0.2) is 40.9 Å². The number of rotatable bonds is 5. The average Bonchev–Trinajstić information content (AvgIpc) is 2.46. The van der Waals surface area contributed by atoms with Gasteiger partial charge in [0.1, 0.15) is 5.82 Å². The van der Waals surface area contributed by atoms with Crippen molar-refractivity contribution in [3.63, 3.8) is 0 Å². The Bertz CT molecular complexity index is 485. The maximum atomic E-state index is 13.2. The van der Waals surface area contributed by atoms with Crippen molar-refractivity contribution >= 4 is 11.6 Å². The summed E-state index contributed by atoms with van der Waals surface area (Å²) in [4.78, 5) is 2.12. The van der Waals surface area contributed by atoms with Gasteiger partial charge in [-0.2, -0.15) is 0 Å². The Hall–Kier alpha value is -0.680. The summed E-state index contributed by atoms with van der Waals surface area (Å²) in [6.07, 6.45) is 2.02. The van der Waals surface area contributed by atoms with E-state index in [0.717, 1.165) is 31.4 Å². The number of hydrogen-bond donors (Lipinski definition) is 2. The van der Waals surface area contributed by atoms with E-state index < -0.39 is 11.9 Å². The molecule has 0 amide bonds. The molecule has 0 saturated carbocycles. The Balaban J connectivity index is 2.00. The van der Waals surface area contributed by atoms with Crippen LogP contribution in [0.1, 0.15) is 31.7 Å². The van der Waals surface area contributed by atoms with E-state index in [1.807, 2.05) is 0 Å². The molecule has 0 unspecified atom stereocenters. The summed E-state index contributed by atoms with van der Waals surface area (Å²) in [5.74, 6) is -0.415. The number of benzene rings is 1. The normalized spacial score (nSPS) is 27.0. The summed E-state index contributed by atoms with van der Waals surface area (Å²) >= 11 is 5.79. The number of aliphatic hydroxyl groups is 2. The second-order valence-electron chi connectivity index (χ2n) is 6.02. The van der Waals surface area contributed by atoms with Gasteiger partial charge in [-0.15, -0.1) is 0 Å². The molecule has 3 nitrogen and oxygen atoms in total. The molecule has 1 heterocycles. The lowest BCUT2D eigenvalue weighted by Crippen LogP contribution is -2.52. The Labute approximate surface area is 130 Å². The number of nitrogens with zero attached hydrogens (tertiary/aromatic N) is 1. The highest BCUT2D eigenvalue weighted by Gasteiger charge is 2.40. The standard InChI is InChI=1S/C16H23ClFNO2/c1-2-5-16(11-20)6-7-19(10-15(16)21)9-12-3-4-14(18)13(17)8-12/h3-4,8,15,20-21H,2,5-7,9-11H2,1H3/t15-,16-/m1/s1. The van der Waals surface area contributed by atoms with Crippen LogP contribution in [0.25, 0.3) is 0 Å². The highest BCUT2D eigenvalue weighted by atomic mass is 35.5. The van der Waals surface area contributed by atoms with Crippen LogP contribution in [-0.2, 0) is 6.54 Å². The zero-order chi connectivity index (χ0) is 15.5. The Morgan fingerprint density at radius 3 is 2.81 bits per heavy atom. The average molecular weight is 316 g/mol. The summed E-state index contributed by atoms with van der Waals surface area (Å²) in [5, 5.41) is 20.2. The molecule has 0 bridgehead atoms. The zero-order valence-electron chi connectivity index (χ0n) is 12.4. The fourth-order valence-electron chi connectivity index (χ4n) is 3.17. The van der Waals surface area contributed by atoms with Crippen LogP contribution in [0.3, 0.4) is 0 Å². The first-order valence-electron chi connectivity index (χ1n) is 7.46. The van der Waals surface area contributed by atoms with Gasteiger partial charge >= 0.3 is 0 Å². The molecule has 2 rings (SSSR count). The SMILES string of the molecule is CCC[C@]1(CO)CCN(Cc2ccc(F)c(Cl)c2)C[C@H]1O. The van der Waals surface area contributed by atoms with Crippen LogP contribution in [0, 0.1) is 11.2 Å². The Morgan fingerprint density at radius 1 is 1.48 bits per heavy atom. The molecule has 0 aliphatic carbocycles. The Morgan fingerprint density at radius 2 is 2.24 bits per heavy atom.